The number of hydrogen-bond donors (Lipinski definition) is 9. The second-order valence-corrected chi connectivity index (χ2v) is 24.7. The number of aliphatic hydroxyl groups is 8. The number of nitrogens with one attached hydrogen (secondary N) is 1. The van der Waals surface area contributed by atoms with Crippen molar-refractivity contribution in [1.29, 1.82) is 0 Å². The van der Waals surface area contributed by atoms with Crippen LogP contribution in [0.25, 0.3) is 0 Å². The summed E-state index contributed by atoms with van der Waals surface area (Å²) in [7, 11) is 0. The zero-order chi connectivity index (χ0) is 57.9. The van der Waals surface area contributed by atoms with Crippen molar-refractivity contribution in [2.24, 2.45) is 23.7 Å². The number of amides is 1. The first-order chi connectivity index (χ1) is 38.8. The molecule has 17 atom stereocenters. The maximum Gasteiger partial charge on any atom is 0.249 e. The highest BCUT2D eigenvalue weighted by atomic mass is 16.7. The van der Waals surface area contributed by atoms with Crippen molar-refractivity contribution in [3.8, 4) is 0 Å². The Labute approximate surface area is 484 Å². The van der Waals surface area contributed by atoms with Crippen LogP contribution in [-0.2, 0) is 28.5 Å². The summed E-state index contributed by atoms with van der Waals surface area (Å²) >= 11 is 0. The third kappa shape index (κ3) is 28.4. The largest absolute Gasteiger partial charge is 0.394 e. The summed E-state index contributed by atoms with van der Waals surface area (Å²) in [6.45, 7) is 6.88. The summed E-state index contributed by atoms with van der Waals surface area (Å²) in [5, 5.41) is 88.9. The Morgan fingerprint density at radius 1 is 0.537 bits per heavy atom. The van der Waals surface area contributed by atoms with Gasteiger partial charge in [0.05, 0.1) is 38.6 Å². The molecule has 0 aromatic heterocycles. The van der Waals surface area contributed by atoms with E-state index < -0.39 is 98.8 Å². The first-order valence-corrected chi connectivity index (χ1v) is 32.6. The standard InChI is InChI=1S/C65H117NO14/c1-5-7-9-11-13-16-22-28-34-48-42-50(48)36-30-24-18-15-19-26-32-38-53(68)52(66-63(75)54(69)39-33-27-21-20-25-31-37-51-43-49(51)35-29-23-17-14-12-10-8-6-2)45-77-65-62(76-41-40-47(3)4)60(73)58(71)56(80-65)46-78-64-61(74)59(72)57(70)55(44-67)79-64/h15,19,21,27,40,48-62,64-65,67-74H,5-14,16-18,20,22-26,28-39,41-46H2,1-4H3,(H,66,75)/b19-15-,27-21-/t48-,49-,50-,51-,52-,53+,54+,55+,56+,57+,58-,59-,60-,61+,62+,64+,65+/m0/s1. The molecule has 2 aliphatic heterocycles. The van der Waals surface area contributed by atoms with Gasteiger partial charge in [0, 0.05) is 0 Å². The lowest BCUT2D eigenvalue weighted by Gasteiger charge is -2.44. The normalized spacial score (nSPS) is 29.8. The van der Waals surface area contributed by atoms with Crippen molar-refractivity contribution in [3.05, 3.63) is 36.0 Å². The maximum absolute atomic E-state index is 13.6. The van der Waals surface area contributed by atoms with Gasteiger partial charge in [0.15, 0.2) is 12.6 Å². The van der Waals surface area contributed by atoms with Crippen molar-refractivity contribution in [1.82, 2.24) is 5.32 Å². The topological polar surface area (TPSA) is 237 Å². The lowest BCUT2D eigenvalue weighted by molar-refractivity contribution is -0.334. The highest BCUT2D eigenvalue weighted by molar-refractivity contribution is 5.80. The number of rotatable bonds is 48. The molecule has 0 aromatic rings. The van der Waals surface area contributed by atoms with Crippen molar-refractivity contribution < 1.29 is 69.3 Å². The predicted octanol–water partition coefficient (Wildman–Crippen LogP) is 10.3. The van der Waals surface area contributed by atoms with E-state index in [1.807, 2.05) is 19.9 Å². The first-order valence-electron chi connectivity index (χ1n) is 32.6. The van der Waals surface area contributed by atoms with Gasteiger partial charge in [-0.3, -0.25) is 4.79 Å². The Morgan fingerprint density at radius 2 is 1.01 bits per heavy atom. The zero-order valence-corrected chi connectivity index (χ0v) is 50.4. The van der Waals surface area contributed by atoms with E-state index >= 15 is 0 Å². The van der Waals surface area contributed by atoms with Crippen LogP contribution < -0.4 is 5.32 Å². The molecule has 9 N–H and O–H groups in total. The molecule has 4 fully saturated rings. The molecule has 15 heteroatoms. The van der Waals surface area contributed by atoms with Crippen molar-refractivity contribution >= 4 is 5.91 Å². The minimum atomic E-state index is -1.71. The van der Waals surface area contributed by atoms with Gasteiger partial charge in [0.2, 0.25) is 5.91 Å². The predicted molar refractivity (Wildman–Crippen MR) is 315 cm³/mol. The lowest BCUT2D eigenvalue weighted by Crippen LogP contribution is -2.62. The molecule has 2 saturated carbocycles. The van der Waals surface area contributed by atoms with Crippen LogP contribution in [-0.4, -0.2) is 153 Å². The van der Waals surface area contributed by atoms with Crippen LogP contribution in [0.2, 0.25) is 0 Å². The van der Waals surface area contributed by atoms with Gasteiger partial charge in [-0.05, 0) is 108 Å². The van der Waals surface area contributed by atoms with Crippen LogP contribution in [0, 0.1) is 23.7 Å². The van der Waals surface area contributed by atoms with Crippen molar-refractivity contribution in [3.63, 3.8) is 0 Å². The third-order valence-electron chi connectivity index (χ3n) is 17.4. The molecular formula is C65H117NO14. The molecule has 2 saturated heterocycles. The Morgan fingerprint density at radius 3 is 1.54 bits per heavy atom. The average molecular weight is 1140 g/mol. The molecule has 0 radical (unpaired) electrons. The fraction of sp³-hybridized carbons (Fsp3) is 0.892. The van der Waals surface area contributed by atoms with Crippen LogP contribution in [0.1, 0.15) is 240 Å². The lowest BCUT2D eigenvalue weighted by atomic mass is 9.98. The number of carbonyl (C=O) groups is 1. The van der Waals surface area contributed by atoms with Gasteiger partial charge in [-0.15, -0.1) is 0 Å². The Balaban J connectivity index is 1.25. The van der Waals surface area contributed by atoms with Crippen LogP contribution in [0.3, 0.4) is 0 Å². The maximum atomic E-state index is 13.6. The first kappa shape index (κ1) is 70.7. The monoisotopic (exact) mass is 1140 g/mol. The fourth-order valence-corrected chi connectivity index (χ4v) is 11.8. The molecule has 0 spiro atoms. The summed E-state index contributed by atoms with van der Waals surface area (Å²) in [6, 6.07) is -1.00. The Bertz CT molecular complexity index is 1660. The SMILES string of the molecule is CCCCCCCCCC[C@H]1C[C@@H]1CCCC/C=C\CCC[C@@H](O)[C@H](CO[C@@H]1O[C@H](CO[C@@H]2O[C@H](CO)[C@@H](O)[C@H](O)[C@H]2O)[C@H](O)[C@H](O)[C@H]1OCC=C(C)C)NC(=O)[C@H](O)CC/C=C\CCCC[C@H]1C[C@@H]1CCCCCCCCCC. The van der Waals surface area contributed by atoms with E-state index in [1.165, 1.54) is 161 Å². The summed E-state index contributed by atoms with van der Waals surface area (Å²) in [5.41, 5.74) is 0.946. The van der Waals surface area contributed by atoms with Gasteiger partial charge in [-0.1, -0.05) is 191 Å². The van der Waals surface area contributed by atoms with E-state index in [0.717, 1.165) is 54.9 Å². The summed E-state index contributed by atoms with van der Waals surface area (Å²) in [5.74, 6) is 3.06. The molecule has 80 heavy (non-hydrogen) atoms. The van der Waals surface area contributed by atoms with E-state index in [9.17, 15) is 45.6 Å². The zero-order valence-electron chi connectivity index (χ0n) is 50.4. The number of hydrogen-bond acceptors (Lipinski definition) is 14. The van der Waals surface area contributed by atoms with E-state index in [2.05, 4.69) is 37.4 Å². The highest BCUT2D eigenvalue weighted by Crippen LogP contribution is 2.46. The molecule has 0 bridgehead atoms. The van der Waals surface area contributed by atoms with Crippen molar-refractivity contribution in [2.75, 3.05) is 26.4 Å². The van der Waals surface area contributed by atoms with Gasteiger partial charge in [0.25, 0.3) is 0 Å². The van der Waals surface area contributed by atoms with E-state index in [1.54, 1.807) is 6.08 Å². The second kappa shape index (κ2) is 42.1. The minimum absolute atomic E-state index is 0.0453. The fourth-order valence-electron chi connectivity index (χ4n) is 11.8. The van der Waals surface area contributed by atoms with Crippen LogP contribution in [0.5, 0.6) is 0 Å². The molecule has 2 aliphatic carbocycles. The van der Waals surface area contributed by atoms with E-state index in [4.69, 9.17) is 23.7 Å². The average Bonchev–Trinajstić information content (AvgIpc) is 4.42. The summed E-state index contributed by atoms with van der Waals surface area (Å²) < 4.78 is 29.6. The molecular weight excluding hydrogens is 1020 g/mol. The van der Waals surface area contributed by atoms with E-state index in [0.29, 0.717) is 19.3 Å². The quantitative estimate of drug-likeness (QED) is 0.0204. The van der Waals surface area contributed by atoms with Crippen LogP contribution in [0.4, 0.5) is 0 Å². The van der Waals surface area contributed by atoms with Crippen LogP contribution >= 0.6 is 0 Å². The molecule has 0 unspecified atom stereocenters. The van der Waals surface area contributed by atoms with Gasteiger partial charge >= 0.3 is 0 Å². The molecule has 1 amide bonds. The molecule has 4 aliphatic rings. The molecule has 466 valence electrons. The summed E-state index contributed by atoms with van der Waals surface area (Å²) in [4.78, 5) is 13.6. The van der Waals surface area contributed by atoms with Gasteiger partial charge < -0.3 is 69.9 Å². The number of unbranched alkanes of at least 4 members (excludes halogenated alkanes) is 19. The van der Waals surface area contributed by atoms with E-state index in [-0.39, 0.29) is 19.6 Å². The molecule has 0 aromatic carbocycles. The Kier molecular flexibility index (Phi) is 37.2. The van der Waals surface area contributed by atoms with Gasteiger partial charge in [-0.2, -0.15) is 0 Å². The van der Waals surface area contributed by atoms with Crippen molar-refractivity contribution in [2.45, 2.75) is 319 Å². The highest BCUT2D eigenvalue weighted by Gasteiger charge is 2.49. The number of allylic oxidation sites excluding steroid dienone is 5. The number of ether oxygens (including phenoxy) is 5. The summed E-state index contributed by atoms with van der Waals surface area (Å²) in [6.07, 6.45) is 32.5. The third-order valence-corrected chi connectivity index (χ3v) is 17.4. The van der Waals surface area contributed by atoms with Gasteiger partial charge in [-0.25, -0.2) is 0 Å². The molecule has 2 heterocycles. The number of carbonyl (C=O) groups excluding carboxylic acids is 1. The van der Waals surface area contributed by atoms with Crippen LogP contribution in [0.15, 0.2) is 36.0 Å². The molecule has 4 rings (SSSR count). The minimum Gasteiger partial charge on any atom is -0.394 e. The number of aliphatic hydroxyl groups excluding tert-OH is 8. The molecule has 15 nitrogen and oxygen atoms in total. The smallest absolute Gasteiger partial charge is 0.249 e. The second-order valence-electron chi connectivity index (χ2n) is 24.7. The van der Waals surface area contributed by atoms with Gasteiger partial charge in [0.1, 0.15) is 54.9 Å². The Hall–Kier alpha value is -1.83.